The third-order valence-corrected chi connectivity index (χ3v) is 4.36. The van der Waals surface area contributed by atoms with Crippen molar-refractivity contribution in [1.29, 1.82) is 0 Å². The first-order valence-electron chi connectivity index (χ1n) is 5.84. The van der Waals surface area contributed by atoms with Crippen LogP contribution in [0.1, 0.15) is 22.2 Å². The summed E-state index contributed by atoms with van der Waals surface area (Å²) < 4.78 is 0.841. The first-order chi connectivity index (χ1) is 9.06. The van der Waals surface area contributed by atoms with Crippen LogP contribution in [-0.4, -0.2) is 11.9 Å². The molecule has 0 aliphatic heterocycles. The van der Waals surface area contributed by atoms with Gasteiger partial charge in [0.25, 0.3) is 5.91 Å². The molecule has 1 aromatic carbocycles. The molecule has 5 heteroatoms. The van der Waals surface area contributed by atoms with E-state index in [1.807, 2.05) is 24.4 Å². The van der Waals surface area contributed by atoms with Crippen LogP contribution in [0.2, 0.25) is 5.02 Å². The van der Waals surface area contributed by atoms with Crippen LogP contribution in [0.4, 0.5) is 0 Å². The van der Waals surface area contributed by atoms with Gasteiger partial charge in [-0.2, -0.15) is 0 Å². The number of carbonyl (C=O) groups excluding carboxylic acids is 1. The molecule has 0 bridgehead atoms. The summed E-state index contributed by atoms with van der Waals surface area (Å²) in [6.07, 6.45) is 0.828. The number of amides is 1. The van der Waals surface area contributed by atoms with Crippen LogP contribution in [0.15, 0.2) is 40.2 Å². The molecule has 0 spiro atoms. The topological polar surface area (TPSA) is 29.1 Å². The van der Waals surface area contributed by atoms with E-state index in [1.165, 1.54) is 4.88 Å². The molecule has 0 unspecified atom stereocenters. The number of nitrogens with one attached hydrogen (secondary N) is 1. The highest BCUT2D eigenvalue weighted by molar-refractivity contribution is 9.10. The normalized spacial score (nSPS) is 12.2. The predicted octanol–water partition coefficient (Wildman–Crippen LogP) is 4.53. The number of rotatable bonds is 4. The molecule has 0 fully saturated rings. The second-order valence-electron chi connectivity index (χ2n) is 4.28. The van der Waals surface area contributed by atoms with Crippen molar-refractivity contribution < 1.29 is 4.79 Å². The Morgan fingerprint density at radius 1 is 1.47 bits per heavy atom. The largest absolute Gasteiger partial charge is 0.349 e. The minimum atomic E-state index is -0.143. The molecule has 1 atom stereocenters. The maximum Gasteiger partial charge on any atom is 0.253 e. The average molecular weight is 359 g/mol. The lowest BCUT2D eigenvalue weighted by molar-refractivity contribution is 0.0940. The first-order valence-corrected chi connectivity index (χ1v) is 7.89. The standard InChI is InChI=1S/C14H13BrClNOS/c1-9(7-11-3-2-6-19-11)17-14(18)12-8-10(15)4-5-13(12)16/h2-6,8-9H,7H2,1H3,(H,17,18)/t9-/m0/s1. The van der Waals surface area contributed by atoms with E-state index in [-0.39, 0.29) is 11.9 Å². The Hall–Kier alpha value is -0.840. The lowest BCUT2D eigenvalue weighted by Gasteiger charge is -2.13. The highest BCUT2D eigenvalue weighted by atomic mass is 79.9. The summed E-state index contributed by atoms with van der Waals surface area (Å²) in [7, 11) is 0. The molecule has 0 radical (unpaired) electrons. The van der Waals surface area contributed by atoms with Crippen molar-refractivity contribution in [2.45, 2.75) is 19.4 Å². The van der Waals surface area contributed by atoms with Crippen LogP contribution < -0.4 is 5.32 Å². The molecule has 0 aliphatic rings. The SMILES string of the molecule is C[C@@H](Cc1cccs1)NC(=O)c1cc(Br)ccc1Cl. The Balaban J connectivity index is 2.02. The third-order valence-electron chi connectivity index (χ3n) is 2.64. The third kappa shape index (κ3) is 4.06. The second-order valence-corrected chi connectivity index (χ2v) is 6.64. The van der Waals surface area contributed by atoms with Gasteiger partial charge in [-0.1, -0.05) is 33.6 Å². The molecule has 2 aromatic rings. The lowest BCUT2D eigenvalue weighted by Crippen LogP contribution is -2.34. The van der Waals surface area contributed by atoms with E-state index >= 15 is 0 Å². The zero-order valence-electron chi connectivity index (χ0n) is 10.3. The van der Waals surface area contributed by atoms with Crippen molar-refractivity contribution in [1.82, 2.24) is 5.32 Å². The molecule has 1 heterocycles. The molecule has 2 nitrogen and oxygen atoms in total. The van der Waals surface area contributed by atoms with Gasteiger partial charge in [-0.05, 0) is 36.6 Å². The van der Waals surface area contributed by atoms with E-state index in [2.05, 4.69) is 27.3 Å². The van der Waals surface area contributed by atoms with Crippen LogP contribution in [0.5, 0.6) is 0 Å². The lowest BCUT2D eigenvalue weighted by atomic mass is 10.1. The molecule has 1 amide bonds. The molecule has 0 aliphatic carbocycles. The maximum atomic E-state index is 12.1. The van der Waals surface area contributed by atoms with E-state index in [0.717, 1.165) is 10.9 Å². The van der Waals surface area contributed by atoms with Gasteiger partial charge in [0.1, 0.15) is 0 Å². The molecule has 0 saturated heterocycles. The molecular formula is C14H13BrClNOS. The van der Waals surface area contributed by atoms with Crippen LogP contribution >= 0.6 is 38.9 Å². The molecule has 2 rings (SSSR count). The Morgan fingerprint density at radius 3 is 2.95 bits per heavy atom. The van der Waals surface area contributed by atoms with Gasteiger partial charge in [0.05, 0.1) is 10.6 Å². The van der Waals surface area contributed by atoms with Crippen molar-refractivity contribution in [2.75, 3.05) is 0 Å². The zero-order chi connectivity index (χ0) is 13.8. The first kappa shape index (κ1) is 14.6. The van der Waals surface area contributed by atoms with Crippen molar-refractivity contribution in [3.8, 4) is 0 Å². The average Bonchev–Trinajstić information content (AvgIpc) is 2.84. The summed E-state index contributed by atoms with van der Waals surface area (Å²) in [5.74, 6) is -0.143. The van der Waals surface area contributed by atoms with Crippen molar-refractivity contribution in [3.05, 3.63) is 55.6 Å². The van der Waals surface area contributed by atoms with Crippen molar-refractivity contribution >= 4 is 44.8 Å². The van der Waals surface area contributed by atoms with Crippen molar-refractivity contribution in [2.24, 2.45) is 0 Å². The molecular weight excluding hydrogens is 346 g/mol. The van der Waals surface area contributed by atoms with Gasteiger partial charge in [0.15, 0.2) is 0 Å². The molecule has 100 valence electrons. The fourth-order valence-electron chi connectivity index (χ4n) is 1.75. The summed E-state index contributed by atoms with van der Waals surface area (Å²) in [5, 5.41) is 5.46. The maximum absolute atomic E-state index is 12.1. The van der Waals surface area contributed by atoms with Gasteiger partial charge in [-0.3, -0.25) is 4.79 Å². The monoisotopic (exact) mass is 357 g/mol. The number of carbonyl (C=O) groups is 1. The van der Waals surface area contributed by atoms with Gasteiger partial charge in [0.2, 0.25) is 0 Å². The van der Waals surface area contributed by atoms with Gasteiger partial charge in [0, 0.05) is 21.8 Å². The summed E-state index contributed by atoms with van der Waals surface area (Å²) in [4.78, 5) is 13.4. The van der Waals surface area contributed by atoms with Gasteiger partial charge in [-0.25, -0.2) is 0 Å². The van der Waals surface area contributed by atoms with E-state index < -0.39 is 0 Å². The Bertz CT molecular complexity index is 571. The fraction of sp³-hybridized carbons (Fsp3) is 0.214. The van der Waals surface area contributed by atoms with Gasteiger partial charge in [-0.15, -0.1) is 11.3 Å². The molecule has 19 heavy (non-hydrogen) atoms. The van der Waals surface area contributed by atoms with E-state index in [1.54, 1.807) is 23.5 Å². The molecule has 1 N–H and O–H groups in total. The van der Waals surface area contributed by atoms with Crippen LogP contribution in [0.25, 0.3) is 0 Å². The Morgan fingerprint density at radius 2 is 2.26 bits per heavy atom. The molecule has 1 aromatic heterocycles. The number of hydrogen-bond donors (Lipinski definition) is 1. The highest BCUT2D eigenvalue weighted by Gasteiger charge is 2.14. The Kier molecular flexibility index (Phi) is 5.02. The van der Waals surface area contributed by atoms with Gasteiger partial charge < -0.3 is 5.32 Å². The summed E-state index contributed by atoms with van der Waals surface area (Å²) >= 11 is 11.1. The van der Waals surface area contributed by atoms with Gasteiger partial charge >= 0.3 is 0 Å². The summed E-state index contributed by atoms with van der Waals surface area (Å²) in [5.41, 5.74) is 0.495. The minimum absolute atomic E-state index is 0.0706. The van der Waals surface area contributed by atoms with Crippen LogP contribution in [0.3, 0.4) is 0 Å². The fourth-order valence-corrected chi connectivity index (χ4v) is 3.15. The number of benzene rings is 1. The van der Waals surface area contributed by atoms with Crippen molar-refractivity contribution in [3.63, 3.8) is 0 Å². The van der Waals surface area contributed by atoms with Crippen LogP contribution in [-0.2, 0) is 6.42 Å². The summed E-state index contributed by atoms with van der Waals surface area (Å²) in [6, 6.07) is 9.41. The second kappa shape index (κ2) is 6.55. The highest BCUT2D eigenvalue weighted by Crippen LogP contribution is 2.21. The predicted molar refractivity (Wildman–Crippen MR) is 84.1 cm³/mol. The van der Waals surface area contributed by atoms with Crippen LogP contribution in [0, 0.1) is 0 Å². The zero-order valence-corrected chi connectivity index (χ0v) is 13.5. The smallest absolute Gasteiger partial charge is 0.253 e. The Labute approximate surface area is 129 Å². The van der Waals surface area contributed by atoms with E-state index in [9.17, 15) is 4.79 Å². The number of hydrogen-bond acceptors (Lipinski definition) is 2. The van der Waals surface area contributed by atoms with E-state index in [0.29, 0.717) is 10.6 Å². The molecule has 0 saturated carbocycles. The number of halogens is 2. The minimum Gasteiger partial charge on any atom is -0.349 e. The quantitative estimate of drug-likeness (QED) is 0.855. The van der Waals surface area contributed by atoms with E-state index in [4.69, 9.17) is 11.6 Å². The number of thiophene rings is 1. The summed E-state index contributed by atoms with van der Waals surface area (Å²) in [6.45, 7) is 1.99.